The van der Waals surface area contributed by atoms with E-state index in [0.717, 1.165) is 12.8 Å². The van der Waals surface area contributed by atoms with E-state index in [1.54, 1.807) is 23.3 Å². The SMILES string of the molecule is C[CH]=[Zr]([C]1=CC=CC1)([c]1ccccc1)[C]1(C)C2=C3Cc4ccccc4C3=C3C=CCCC3C2(C)C(C)(C)C(C)(C)C1(C)C.Cl.Cl. The van der Waals surface area contributed by atoms with Crippen molar-refractivity contribution >= 4 is 37.4 Å². The quantitative estimate of drug-likeness (QED) is 0.296. The first-order valence-corrected chi connectivity index (χ1v) is 21.9. The smallest absolute Gasteiger partial charge is 0.147 e. The van der Waals surface area contributed by atoms with Crippen molar-refractivity contribution in [2.45, 2.75) is 91.1 Å². The van der Waals surface area contributed by atoms with Crippen LogP contribution in [0.5, 0.6) is 0 Å². The van der Waals surface area contributed by atoms with Gasteiger partial charge in [-0.15, -0.1) is 24.8 Å². The Labute approximate surface area is 290 Å². The minimum atomic E-state index is -3.68. The first-order chi connectivity index (χ1) is 20.3. The molecule has 0 nitrogen and oxygen atoms in total. The Balaban J connectivity index is 0.00000200. The van der Waals surface area contributed by atoms with Crippen LogP contribution in [-0.2, 0) is 26.2 Å². The molecule has 0 aliphatic heterocycles. The molecule has 1 saturated carbocycles. The van der Waals surface area contributed by atoms with E-state index in [0.29, 0.717) is 5.92 Å². The number of halogens is 2. The first kappa shape index (κ1) is 34.8. The number of allylic oxidation sites excluding steroid dienone is 10. The van der Waals surface area contributed by atoms with Crippen LogP contribution in [0.25, 0.3) is 5.57 Å². The van der Waals surface area contributed by atoms with Gasteiger partial charge in [-0.25, -0.2) is 0 Å². The molecule has 0 N–H and O–H groups in total. The van der Waals surface area contributed by atoms with Gasteiger partial charge in [0.2, 0.25) is 0 Å². The summed E-state index contributed by atoms with van der Waals surface area (Å²) in [6, 6.07) is 21.3. The van der Waals surface area contributed by atoms with Gasteiger partial charge in [-0.1, -0.05) is 0 Å². The molecule has 0 heterocycles. The van der Waals surface area contributed by atoms with E-state index in [2.05, 4.69) is 151 Å². The predicted molar refractivity (Wildman–Crippen MR) is 198 cm³/mol. The van der Waals surface area contributed by atoms with Crippen LogP contribution in [0.2, 0.25) is 3.12 Å². The van der Waals surface area contributed by atoms with Crippen molar-refractivity contribution in [2.75, 3.05) is 0 Å². The molecule has 239 valence electrons. The first-order valence-electron chi connectivity index (χ1n) is 16.8. The maximum absolute atomic E-state index is 3.68. The van der Waals surface area contributed by atoms with Crippen LogP contribution in [0.4, 0.5) is 0 Å². The maximum atomic E-state index is 2.83. The minimum Gasteiger partial charge on any atom is -0.147 e. The van der Waals surface area contributed by atoms with Gasteiger partial charge in [0.15, 0.2) is 0 Å². The Bertz CT molecular complexity index is 1740. The second-order valence-corrected chi connectivity index (χ2v) is 26.9. The molecular weight excluding hydrogens is 667 g/mol. The standard InChI is InChI=1S/C29H37.C6H5.C5H5.C2H4.2ClH.Zr/c1-18-25-22-17-19-13-9-10-14-20(19)24(22)21-15-11-12-16-23(21)29(25,8)28(6,7)27(4,5)26(18,2)3;1-2-4-6-5-3-1;1-2-4-5-3-1;1-2;;;/h9-11,13-15,23H,12,16-17H2,1-8H3;1-5H;1-3H,4H2;1H,2H3;2*1H;. The van der Waals surface area contributed by atoms with Gasteiger partial charge in [0.25, 0.3) is 0 Å². The molecule has 45 heavy (non-hydrogen) atoms. The monoisotopic (exact) mass is 717 g/mol. The van der Waals surface area contributed by atoms with Crippen molar-refractivity contribution in [3.05, 3.63) is 116 Å². The van der Waals surface area contributed by atoms with Gasteiger partial charge in [-0.05, 0) is 0 Å². The van der Waals surface area contributed by atoms with Gasteiger partial charge >= 0.3 is 267 Å². The van der Waals surface area contributed by atoms with Crippen molar-refractivity contribution in [2.24, 2.45) is 27.6 Å². The van der Waals surface area contributed by atoms with E-state index in [1.165, 1.54) is 24.0 Å². The van der Waals surface area contributed by atoms with Crippen molar-refractivity contribution in [1.29, 1.82) is 0 Å². The Hall–Kier alpha value is -1.53. The number of hydrogen-bond donors (Lipinski definition) is 0. The molecule has 0 saturated heterocycles. The zero-order valence-electron chi connectivity index (χ0n) is 28.9. The zero-order chi connectivity index (χ0) is 30.6. The van der Waals surface area contributed by atoms with Crippen LogP contribution in [0, 0.1) is 27.6 Å². The van der Waals surface area contributed by atoms with E-state index >= 15 is 0 Å². The molecule has 0 bridgehead atoms. The van der Waals surface area contributed by atoms with Crippen molar-refractivity contribution < 1.29 is 19.8 Å². The van der Waals surface area contributed by atoms with Gasteiger partial charge in [0.05, 0.1) is 0 Å². The van der Waals surface area contributed by atoms with E-state index in [1.807, 2.05) is 5.57 Å². The van der Waals surface area contributed by atoms with Gasteiger partial charge in [-0.3, -0.25) is 0 Å². The van der Waals surface area contributed by atoms with E-state index in [4.69, 9.17) is 0 Å². The summed E-state index contributed by atoms with van der Waals surface area (Å²) in [7, 11) is 0. The average Bonchev–Trinajstić information content (AvgIpc) is 3.66. The molecule has 0 amide bonds. The predicted octanol–water partition coefficient (Wildman–Crippen LogP) is 11.5. The normalized spacial score (nSPS) is 31.0. The van der Waals surface area contributed by atoms with Crippen molar-refractivity contribution in [3.8, 4) is 0 Å². The Morgan fingerprint density at radius 2 is 1.44 bits per heavy atom. The zero-order valence-corrected chi connectivity index (χ0v) is 33.0. The van der Waals surface area contributed by atoms with Crippen LogP contribution < -0.4 is 3.27 Å². The van der Waals surface area contributed by atoms with Crippen molar-refractivity contribution in [3.63, 3.8) is 0 Å². The molecule has 7 rings (SSSR count). The third-order valence-electron chi connectivity index (χ3n) is 15.0. The van der Waals surface area contributed by atoms with Gasteiger partial charge in [0, 0.05) is 0 Å². The molecule has 5 aliphatic rings. The number of rotatable bonds is 3. The third kappa shape index (κ3) is 3.91. The van der Waals surface area contributed by atoms with Gasteiger partial charge < -0.3 is 0 Å². The average molecular weight is 720 g/mol. The summed E-state index contributed by atoms with van der Waals surface area (Å²) in [6.45, 7) is 24.0. The molecule has 2 aromatic rings. The minimum absolute atomic E-state index is 0. The van der Waals surface area contributed by atoms with Crippen LogP contribution in [-0.4, -0.2) is 3.71 Å². The fourth-order valence-electron chi connectivity index (χ4n) is 11.5. The molecule has 0 radical (unpaired) electrons. The van der Waals surface area contributed by atoms with Crippen molar-refractivity contribution in [1.82, 2.24) is 0 Å². The van der Waals surface area contributed by atoms with Gasteiger partial charge in [0.1, 0.15) is 0 Å². The van der Waals surface area contributed by atoms with E-state index in [-0.39, 0.29) is 49.6 Å². The van der Waals surface area contributed by atoms with Gasteiger partial charge in [-0.2, -0.15) is 0 Å². The second kappa shape index (κ2) is 11.3. The molecule has 4 unspecified atom stereocenters. The maximum Gasteiger partial charge on any atom is -0.147 e. The van der Waals surface area contributed by atoms with Crippen LogP contribution in [0.1, 0.15) is 92.7 Å². The number of hydrogen-bond acceptors (Lipinski definition) is 0. The van der Waals surface area contributed by atoms with Crippen LogP contribution in [0.15, 0.2) is 105 Å². The summed E-state index contributed by atoms with van der Waals surface area (Å²) in [5, 5.41) is 0. The summed E-state index contributed by atoms with van der Waals surface area (Å²) < 4.78 is 6.24. The summed E-state index contributed by atoms with van der Waals surface area (Å²) in [5.74, 6) is 0.523. The molecular formula is C42H53Cl2Zr. The summed E-state index contributed by atoms with van der Waals surface area (Å²) in [6.07, 6.45) is 17.0. The fourth-order valence-corrected chi connectivity index (χ4v) is 27.5. The second-order valence-electron chi connectivity index (χ2n) is 16.0. The van der Waals surface area contributed by atoms with E-state index in [9.17, 15) is 0 Å². The molecule has 4 atom stereocenters. The Morgan fingerprint density at radius 1 is 0.778 bits per heavy atom. The largest absolute Gasteiger partial charge is 0.147 e. The topological polar surface area (TPSA) is 0 Å². The summed E-state index contributed by atoms with van der Waals surface area (Å²) in [4.78, 5) is 0. The molecule has 2 aromatic carbocycles. The van der Waals surface area contributed by atoms with Crippen LogP contribution >= 0.6 is 24.8 Å². The Morgan fingerprint density at radius 3 is 2.09 bits per heavy atom. The molecule has 0 aromatic heterocycles. The Kier molecular flexibility index (Phi) is 8.72. The molecule has 3 heteroatoms. The summed E-state index contributed by atoms with van der Waals surface area (Å²) >= 11 is -3.68. The molecule has 0 spiro atoms. The molecule has 5 aliphatic carbocycles. The third-order valence-corrected chi connectivity index (χ3v) is 29.6. The number of benzene rings is 2. The van der Waals surface area contributed by atoms with E-state index < -0.39 is 19.8 Å². The molecule has 1 fully saturated rings. The fraction of sp³-hybridized carbons (Fsp3) is 0.452. The number of fused-ring (bicyclic) bond motifs is 6. The van der Waals surface area contributed by atoms with Crippen LogP contribution in [0.3, 0.4) is 0 Å². The summed E-state index contributed by atoms with van der Waals surface area (Å²) in [5.41, 5.74) is 10.0.